The second-order valence-corrected chi connectivity index (χ2v) is 13.4. The van der Waals surface area contributed by atoms with Crippen LogP contribution in [0, 0.1) is 5.92 Å². The molecule has 0 spiro atoms. The van der Waals surface area contributed by atoms with Gasteiger partial charge in [0, 0.05) is 12.8 Å². The average Bonchev–Trinajstić information content (AvgIpc) is 2.99. The summed E-state index contributed by atoms with van der Waals surface area (Å²) >= 11 is 0. The van der Waals surface area contributed by atoms with Crippen molar-refractivity contribution in [3.05, 3.63) is 48.6 Å². The third-order valence-electron chi connectivity index (χ3n) is 7.11. The van der Waals surface area contributed by atoms with Gasteiger partial charge in [-0.3, -0.25) is 14.1 Å². The van der Waals surface area contributed by atoms with Gasteiger partial charge in [-0.25, -0.2) is 4.57 Å². The lowest BCUT2D eigenvalue weighted by Crippen LogP contribution is -2.29. The second kappa shape index (κ2) is 30.3. The van der Waals surface area contributed by atoms with Crippen LogP contribution in [0.15, 0.2) is 48.6 Å². The molecule has 1 unspecified atom stereocenters. The van der Waals surface area contributed by atoms with E-state index in [2.05, 4.69) is 37.4 Å². The maximum absolute atomic E-state index is 12.3. The van der Waals surface area contributed by atoms with Crippen LogP contribution in [-0.2, 0) is 28.2 Å². The largest absolute Gasteiger partial charge is 0.469 e. The van der Waals surface area contributed by atoms with Crippen LogP contribution >= 0.6 is 7.82 Å². The van der Waals surface area contributed by atoms with Crippen LogP contribution < -0.4 is 0 Å². The van der Waals surface area contributed by atoms with E-state index >= 15 is 0 Å². The molecule has 0 saturated carbocycles. The summed E-state index contributed by atoms with van der Waals surface area (Å²) in [6.45, 7) is 5.75. The number of unbranched alkanes of at least 4 members (excludes halogenated alkanes) is 10. The van der Waals surface area contributed by atoms with E-state index in [-0.39, 0.29) is 19.4 Å². The summed E-state index contributed by atoms with van der Waals surface area (Å²) in [7, 11) is -4.78. The number of phosphoric ester groups is 1. The normalized spacial score (nSPS) is 13.9. The molecule has 46 heavy (non-hydrogen) atoms. The zero-order valence-corrected chi connectivity index (χ0v) is 29.6. The molecule has 0 saturated heterocycles. The molecule has 3 N–H and O–H groups in total. The van der Waals surface area contributed by atoms with Crippen LogP contribution in [0.2, 0.25) is 0 Å². The molecule has 0 fully saturated rings. The van der Waals surface area contributed by atoms with Crippen LogP contribution in [0.25, 0.3) is 0 Å². The summed E-state index contributed by atoms with van der Waals surface area (Å²) in [5.74, 6) is -0.277. The van der Waals surface area contributed by atoms with Crippen molar-refractivity contribution in [2.45, 2.75) is 149 Å². The fourth-order valence-electron chi connectivity index (χ4n) is 4.45. The molecule has 0 aromatic heterocycles. The van der Waals surface area contributed by atoms with Gasteiger partial charge in [0.15, 0.2) is 6.10 Å². The van der Waals surface area contributed by atoms with Gasteiger partial charge in [-0.1, -0.05) is 127 Å². The lowest BCUT2D eigenvalue weighted by molar-refractivity contribution is -0.161. The predicted octanol–water partition coefficient (Wildman–Crippen LogP) is 8.83. The summed E-state index contributed by atoms with van der Waals surface area (Å²) in [4.78, 5) is 42.5. The van der Waals surface area contributed by atoms with Gasteiger partial charge in [0.05, 0.1) is 12.7 Å². The number of hydrogen-bond acceptors (Lipinski definition) is 7. The first kappa shape index (κ1) is 44.0. The van der Waals surface area contributed by atoms with E-state index in [1.807, 2.05) is 18.2 Å². The Morgan fingerprint density at radius 2 is 1.39 bits per heavy atom. The molecule has 266 valence electrons. The van der Waals surface area contributed by atoms with Gasteiger partial charge < -0.3 is 24.4 Å². The van der Waals surface area contributed by atoms with Crippen molar-refractivity contribution in [2.24, 2.45) is 5.92 Å². The highest BCUT2D eigenvalue weighted by atomic mass is 31.2. The van der Waals surface area contributed by atoms with Crippen molar-refractivity contribution < 1.29 is 43.0 Å². The van der Waals surface area contributed by atoms with Crippen LogP contribution in [0.3, 0.4) is 0 Å². The topological polar surface area (TPSA) is 140 Å². The van der Waals surface area contributed by atoms with Crippen molar-refractivity contribution in [3.8, 4) is 0 Å². The lowest BCUT2D eigenvalue weighted by atomic mass is 10.0. The van der Waals surface area contributed by atoms with Crippen LogP contribution in [0.1, 0.15) is 136 Å². The van der Waals surface area contributed by atoms with Crippen LogP contribution in [0.5, 0.6) is 0 Å². The van der Waals surface area contributed by atoms with Crippen molar-refractivity contribution in [3.63, 3.8) is 0 Å². The number of ether oxygens (including phenoxy) is 2. The van der Waals surface area contributed by atoms with Crippen molar-refractivity contribution >= 4 is 19.8 Å². The van der Waals surface area contributed by atoms with E-state index in [9.17, 15) is 19.3 Å². The summed E-state index contributed by atoms with van der Waals surface area (Å²) in [6.07, 6.45) is 30.3. The Hall–Kier alpha value is -2.03. The predicted molar refractivity (Wildman–Crippen MR) is 185 cm³/mol. The highest BCUT2D eigenvalue weighted by molar-refractivity contribution is 7.46. The minimum Gasteiger partial charge on any atom is -0.462 e. The Kier molecular flexibility index (Phi) is 29.0. The molecule has 0 heterocycles. The Morgan fingerprint density at radius 1 is 0.739 bits per heavy atom. The summed E-state index contributed by atoms with van der Waals surface area (Å²) in [5, 5.41) is 10.0. The first-order valence-electron chi connectivity index (χ1n) is 17.4. The second-order valence-electron chi connectivity index (χ2n) is 12.2. The number of hydrogen-bond donors (Lipinski definition) is 3. The molecule has 0 aromatic carbocycles. The molecule has 0 aliphatic heterocycles. The number of esters is 2. The molecule has 2 atom stereocenters. The molecule has 10 heteroatoms. The fourth-order valence-corrected chi connectivity index (χ4v) is 4.81. The van der Waals surface area contributed by atoms with Gasteiger partial charge in [-0.2, -0.15) is 0 Å². The van der Waals surface area contributed by atoms with E-state index < -0.39 is 38.6 Å². The maximum atomic E-state index is 12.3. The third-order valence-corrected chi connectivity index (χ3v) is 7.59. The highest BCUT2D eigenvalue weighted by Gasteiger charge is 2.22. The Morgan fingerprint density at radius 3 is 2.09 bits per heavy atom. The Balaban J connectivity index is 4.24. The van der Waals surface area contributed by atoms with Crippen molar-refractivity contribution in [2.75, 3.05) is 13.2 Å². The van der Waals surface area contributed by atoms with E-state index in [0.29, 0.717) is 25.7 Å². The third kappa shape index (κ3) is 33.3. The number of allylic oxidation sites excluding steroid dienone is 6. The summed E-state index contributed by atoms with van der Waals surface area (Å²) in [6, 6.07) is 0. The zero-order chi connectivity index (χ0) is 34.3. The Labute approximate surface area is 278 Å². The molecule has 0 bridgehead atoms. The number of rotatable bonds is 30. The van der Waals surface area contributed by atoms with E-state index in [4.69, 9.17) is 19.3 Å². The number of carbonyl (C=O) groups excluding carboxylic acids is 2. The van der Waals surface area contributed by atoms with Gasteiger partial charge in [0.1, 0.15) is 6.61 Å². The standard InChI is InChI=1S/C36H63O9P/c1-4-5-6-7-8-9-12-16-21-26-33(37)27-22-17-14-19-24-29-36(39)45-34(31-44-46(40,41)42)30-43-35(38)28-23-18-13-10-11-15-20-25-32(2)3/h8-9,14,16-17,21-22,27,32-34,37H,4-7,10-13,15,18-20,23-26,28-31H2,1-3H3,(H2,40,41,42)/b9-8-,17-14+,21-16-,27-22-/t33?,34-/m1/s1. The molecule has 0 rings (SSSR count). The minimum absolute atomic E-state index is 0.0757. The molecule has 0 radical (unpaired) electrons. The molecule has 9 nitrogen and oxygen atoms in total. The number of aliphatic hydroxyl groups is 1. The summed E-state index contributed by atoms with van der Waals surface area (Å²) in [5.41, 5.74) is 0. The van der Waals surface area contributed by atoms with Gasteiger partial charge in [0.2, 0.25) is 0 Å². The quantitative estimate of drug-likeness (QED) is 0.0225. The van der Waals surface area contributed by atoms with Gasteiger partial charge in [-0.05, 0) is 50.9 Å². The van der Waals surface area contributed by atoms with Crippen molar-refractivity contribution in [1.82, 2.24) is 0 Å². The van der Waals surface area contributed by atoms with Crippen LogP contribution in [-0.4, -0.2) is 52.3 Å². The monoisotopic (exact) mass is 670 g/mol. The van der Waals surface area contributed by atoms with Gasteiger partial charge >= 0.3 is 19.8 Å². The Bertz CT molecular complexity index is 920. The van der Waals surface area contributed by atoms with Crippen molar-refractivity contribution in [1.29, 1.82) is 0 Å². The van der Waals surface area contributed by atoms with E-state index in [1.165, 1.54) is 44.9 Å². The first-order chi connectivity index (χ1) is 22.0. The van der Waals surface area contributed by atoms with E-state index in [0.717, 1.165) is 38.0 Å². The molecule has 0 amide bonds. The minimum atomic E-state index is -4.78. The first-order valence-corrected chi connectivity index (χ1v) is 18.9. The number of aliphatic hydroxyl groups excluding tert-OH is 1. The smallest absolute Gasteiger partial charge is 0.462 e. The molecule has 0 aromatic rings. The molecular weight excluding hydrogens is 607 g/mol. The SMILES string of the molecule is CCCCC/C=C\C/C=C\CC(O)/C=C\C=C\CCCC(=O)O[C@H](COC(=O)CCCCCCCCCC(C)C)COP(=O)(O)O. The number of phosphoric acid groups is 1. The maximum Gasteiger partial charge on any atom is 0.469 e. The van der Waals surface area contributed by atoms with E-state index in [1.54, 1.807) is 18.2 Å². The zero-order valence-electron chi connectivity index (χ0n) is 28.7. The summed E-state index contributed by atoms with van der Waals surface area (Å²) < 4.78 is 26.1. The van der Waals surface area contributed by atoms with Gasteiger partial charge in [-0.15, -0.1) is 0 Å². The van der Waals surface area contributed by atoms with Gasteiger partial charge in [0.25, 0.3) is 0 Å². The molecule has 0 aliphatic carbocycles. The van der Waals surface area contributed by atoms with Crippen LogP contribution in [0.4, 0.5) is 0 Å². The average molecular weight is 671 g/mol. The lowest BCUT2D eigenvalue weighted by Gasteiger charge is -2.18. The highest BCUT2D eigenvalue weighted by Crippen LogP contribution is 2.35. The fraction of sp³-hybridized carbons (Fsp3) is 0.722. The molecular formula is C36H63O9P. The number of carbonyl (C=O) groups is 2. The molecule has 0 aliphatic rings.